The highest BCUT2D eigenvalue weighted by Crippen LogP contribution is 2.31. The molecular weight excluding hydrogens is 413 g/mol. The molecule has 4 rings (SSSR count). The van der Waals surface area contributed by atoms with Crippen molar-refractivity contribution in [3.05, 3.63) is 71.3 Å². The summed E-state index contributed by atoms with van der Waals surface area (Å²) in [4.78, 5) is 26.0. The Hall–Kier alpha value is -3.52. The molecule has 0 saturated carbocycles. The van der Waals surface area contributed by atoms with Crippen molar-refractivity contribution >= 4 is 35.0 Å². The summed E-state index contributed by atoms with van der Waals surface area (Å²) in [6.45, 7) is 0.601. The second kappa shape index (κ2) is 8.08. The Kier molecular flexibility index (Phi) is 5.33. The van der Waals surface area contributed by atoms with Gasteiger partial charge in [-0.15, -0.1) is 0 Å². The van der Waals surface area contributed by atoms with Gasteiger partial charge in [-0.3, -0.25) is 9.69 Å². The van der Waals surface area contributed by atoms with Gasteiger partial charge in [0.15, 0.2) is 0 Å². The number of hydrogen-bond donors (Lipinski definition) is 1. The first-order valence-electron chi connectivity index (χ1n) is 9.04. The first-order chi connectivity index (χ1) is 14.5. The fourth-order valence-corrected chi connectivity index (χ4v) is 3.44. The lowest BCUT2D eigenvalue weighted by Crippen LogP contribution is -2.23. The van der Waals surface area contributed by atoms with E-state index >= 15 is 0 Å². The molecule has 9 heteroatoms. The van der Waals surface area contributed by atoms with Gasteiger partial charge in [0, 0.05) is 24.1 Å². The third-order valence-electron chi connectivity index (χ3n) is 4.67. The Balaban J connectivity index is 1.64. The van der Waals surface area contributed by atoms with Crippen LogP contribution in [0.25, 0.3) is 5.69 Å². The Morgan fingerprint density at radius 1 is 1.23 bits per heavy atom. The van der Waals surface area contributed by atoms with Crippen molar-refractivity contribution in [3.8, 4) is 11.4 Å². The van der Waals surface area contributed by atoms with Crippen LogP contribution >= 0.6 is 11.6 Å². The standard InChI is InChI=1S/C21H17ClFN3O4/c1-29-19-12-18(25-6-2-3-7-25)15(22)11-14(19)20(27)24-17-10-13(4-5-16(17)23)26-8-9-30-21(26)28/h2-7,10-12H,8-9H2,1H3,(H,24,27). The topological polar surface area (TPSA) is 72.8 Å². The lowest BCUT2D eigenvalue weighted by atomic mass is 10.1. The minimum atomic E-state index is -0.645. The van der Waals surface area contributed by atoms with Gasteiger partial charge in [0.2, 0.25) is 0 Å². The highest BCUT2D eigenvalue weighted by molar-refractivity contribution is 6.33. The molecule has 1 fully saturated rings. The molecule has 0 unspecified atom stereocenters. The lowest BCUT2D eigenvalue weighted by molar-refractivity contribution is 0.102. The monoisotopic (exact) mass is 429 g/mol. The summed E-state index contributed by atoms with van der Waals surface area (Å²) in [5, 5.41) is 2.85. The molecule has 0 radical (unpaired) electrons. The van der Waals surface area contributed by atoms with Crippen molar-refractivity contribution in [2.75, 3.05) is 30.5 Å². The predicted octanol–water partition coefficient (Wildman–Crippen LogP) is 4.49. The fourth-order valence-electron chi connectivity index (χ4n) is 3.18. The van der Waals surface area contributed by atoms with Crippen LogP contribution in [0.2, 0.25) is 5.02 Å². The van der Waals surface area contributed by atoms with E-state index in [0.29, 0.717) is 22.9 Å². The third kappa shape index (κ3) is 3.69. The molecule has 1 N–H and O–H groups in total. The summed E-state index contributed by atoms with van der Waals surface area (Å²) in [6, 6.07) is 10.8. The zero-order valence-electron chi connectivity index (χ0n) is 15.9. The molecule has 30 heavy (non-hydrogen) atoms. The first-order valence-corrected chi connectivity index (χ1v) is 9.42. The van der Waals surface area contributed by atoms with Gasteiger partial charge in [-0.1, -0.05) is 11.6 Å². The maximum absolute atomic E-state index is 14.3. The Morgan fingerprint density at radius 3 is 2.67 bits per heavy atom. The van der Waals surface area contributed by atoms with E-state index in [1.807, 2.05) is 24.5 Å². The van der Waals surface area contributed by atoms with Gasteiger partial charge >= 0.3 is 6.09 Å². The predicted molar refractivity (Wildman–Crippen MR) is 110 cm³/mol. The molecule has 154 valence electrons. The second-order valence-corrected chi connectivity index (χ2v) is 6.89. The number of carbonyl (C=O) groups excluding carboxylic acids is 2. The van der Waals surface area contributed by atoms with E-state index in [4.69, 9.17) is 21.1 Å². The van der Waals surface area contributed by atoms with Crippen LogP contribution in [0.4, 0.5) is 20.6 Å². The van der Waals surface area contributed by atoms with E-state index in [0.717, 1.165) is 0 Å². The number of cyclic esters (lactones) is 1. The van der Waals surface area contributed by atoms with Crippen LogP contribution in [0.15, 0.2) is 54.9 Å². The summed E-state index contributed by atoms with van der Waals surface area (Å²) >= 11 is 6.37. The molecule has 7 nitrogen and oxygen atoms in total. The zero-order chi connectivity index (χ0) is 21.3. The van der Waals surface area contributed by atoms with E-state index in [1.165, 1.54) is 36.3 Å². The van der Waals surface area contributed by atoms with Crippen LogP contribution in [-0.2, 0) is 4.74 Å². The van der Waals surface area contributed by atoms with Gasteiger partial charge < -0.3 is 19.4 Å². The SMILES string of the molecule is COc1cc(-n2cccc2)c(Cl)cc1C(=O)Nc1cc(N2CCOC2=O)ccc1F. The number of methoxy groups -OCH3 is 1. The maximum Gasteiger partial charge on any atom is 0.414 e. The Bertz CT molecular complexity index is 1120. The van der Waals surface area contributed by atoms with Crippen molar-refractivity contribution in [3.63, 3.8) is 0 Å². The number of carbonyl (C=O) groups is 2. The number of nitrogens with one attached hydrogen (secondary N) is 1. The van der Waals surface area contributed by atoms with Crippen LogP contribution < -0.4 is 15.0 Å². The van der Waals surface area contributed by atoms with Crippen molar-refractivity contribution < 1.29 is 23.5 Å². The van der Waals surface area contributed by atoms with Crippen LogP contribution in [0, 0.1) is 5.82 Å². The van der Waals surface area contributed by atoms with Crippen molar-refractivity contribution in [1.29, 1.82) is 0 Å². The fraction of sp³-hybridized carbons (Fsp3) is 0.143. The Labute approximate surface area is 176 Å². The van der Waals surface area contributed by atoms with Crippen LogP contribution in [0.1, 0.15) is 10.4 Å². The largest absolute Gasteiger partial charge is 0.496 e. The molecule has 2 aromatic carbocycles. The molecule has 2 amide bonds. The van der Waals surface area contributed by atoms with Gasteiger partial charge in [0.25, 0.3) is 5.91 Å². The highest BCUT2D eigenvalue weighted by Gasteiger charge is 2.25. The number of benzene rings is 2. The summed E-state index contributed by atoms with van der Waals surface area (Å²) in [5.74, 6) is -0.971. The molecule has 1 aliphatic rings. The van der Waals surface area contributed by atoms with Crippen molar-refractivity contribution in [1.82, 2.24) is 4.57 Å². The number of hydrogen-bond acceptors (Lipinski definition) is 4. The lowest BCUT2D eigenvalue weighted by Gasteiger charge is -2.16. The summed E-state index contributed by atoms with van der Waals surface area (Å²) in [7, 11) is 1.43. The minimum Gasteiger partial charge on any atom is -0.496 e. The number of rotatable bonds is 5. The van der Waals surface area contributed by atoms with E-state index in [9.17, 15) is 14.0 Å². The third-order valence-corrected chi connectivity index (χ3v) is 4.97. The smallest absolute Gasteiger partial charge is 0.414 e. The number of amides is 2. The molecule has 0 bridgehead atoms. The number of halogens is 2. The average molecular weight is 430 g/mol. The molecule has 1 aliphatic heterocycles. The second-order valence-electron chi connectivity index (χ2n) is 6.48. The van der Waals surface area contributed by atoms with Gasteiger partial charge in [-0.05, 0) is 36.4 Å². The summed E-state index contributed by atoms with van der Waals surface area (Å²) in [5.41, 5.74) is 1.12. The van der Waals surface area contributed by atoms with Gasteiger partial charge in [-0.2, -0.15) is 0 Å². The highest BCUT2D eigenvalue weighted by atomic mass is 35.5. The number of aromatic nitrogens is 1. The van der Waals surface area contributed by atoms with Crippen LogP contribution in [-0.4, -0.2) is 36.8 Å². The van der Waals surface area contributed by atoms with Crippen LogP contribution in [0.3, 0.4) is 0 Å². The minimum absolute atomic E-state index is 0.0788. The molecule has 3 aromatic rings. The van der Waals surface area contributed by atoms with Gasteiger partial charge in [0.05, 0.1) is 35.6 Å². The zero-order valence-corrected chi connectivity index (χ0v) is 16.6. The number of ether oxygens (including phenoxy) is 2. The van der Waals surface area contributed by atoms with E-state index < -0.39 is 17.8 Å². The molecular formula is C21H17ClFN3O4. The summed E-state index contributed by atoms with van der Waals surface area (Å²) in [6.07, 6.45) is 3.10. The molecule has 2 heterocycles. The number of anilines is 2. The maximum atomic E-state index is 14.3. The van der Waals surface area contributed by atoms with Gasteiger partial charge in [-0.25, -0.2) is 9.18 Å². The van der Waals surface area contributed by atoms with Crippen LogP contribution in [0.5, 0.6) is 5.75 Å². The quantitative estimate of drug-likeness (QED) is 0.648. The van der Waals surface area contributed by atoms with E-state index in [2.05, 4.69) is 5.32 Å². The van der Waals surface area contributed by atoms with E-state index in [1.54, 1.807) is 10.6 Å². The normalized spacial score (nSPS) is 13.3. The van der Waals surface area contributed by atoms with Crippen molar-refractivity contribution in [2.45, 2.75) is 0 Å². The van der Waals surface area contributed by atoms with Gasteiger partial charge in [0.1, 0.15) is 18.2 Å². The number of nitrogens with zero attached hydrogens (tertiary/aromatic N) is 2. The summed E-state index contributed by atoms with van der Waals surface area (Å²) < 4.78 is 26.4. The molecule has 0 atom stereocenters. The average Bonchev–Trinajstić information content (AvgIpc) is 3.41. The molecule has 0 spiro atoms. The van der Waals surface area contributed by atoms with Crippen molar-refractivity contribution in [2.24, 2.45) is 0 Å². The van der Waals surface area contributed by atoms with E-state index in [-0.39, 0.29) is 23.6 Å². The molecule has 1 saturated heterocycles. The molecule has 1 aromatic heterocycles. The molecule has 0 aliphatic carbocycles. The first kappa shape index (κ1) is 19.8. The Morgan fingerprint density at radius 2 is 2.00 bits per heavy atom.